The van der Waals surface area contributed by atoms with Gasteiger partial charge in [0.05, 0.1) is 28.3 Å². The Labute approximate surface area is 116 Å². The monoisotopic (exact) mass is 313 g/mol. The third-order valence-corrected chi connectivity index (χ3v) is 4.40. The van der Waals surface area contributed by atoms with Crippen LogP contribution in [0, 0.1) is 0 Å². The second-order valence-electron chi connectivity index (χ2n) is 4.67. The predicted molar refractivity (Wildman–Crippen MR) is 74.7 cm³/mol. The van der Waals surface area contributed by atoms with Crippen LogP contribution in [0.25, 0.3) is 0 Å². The fraction of sp³-hybridized carbons (Fsp3) is 0.692. The molecule has 1 aromatic heterocycles. The third kappa shape index (κ3) is 2.67. The number of carbonyl (C=O) groups excluding carboxylic acids is 1. The molecule has 0 saturated carbocycles. The number of ketones is 1. The van der Waals surface area contributed by atoms with Crippen LogP contribution in [0.3, 0.4) is 0 Å². The summed E-state index contributed by atoms with van der Waals surface area (Å²) in [6.45, 7) is 5.90. The van der Waals surface area contributed by atoms with Crippen molar-refractivity contribution in [1.82, 2.24) is 15.1 Å². The number of halogens is 1. The Hall–Kier alpha value is -0.680. The van der Waals surface area contributed by atoms with E-state index in [1.54, 1.807) is 0 Å². The van der Waals surface area contributed by atoms with Crippen molar-refractivity contribution in [3.63, 3.8) is 0 Å². The van der Waals surface area contributed by atoms with E-state index in [1.165, 1.54) is 0 Å². The van der Waals surface area contributed by atoms with Crippen LogP contribution in [0.5, 0.6) is 0 Å². The molecule has 1 aromatic rings. The summed E-state index contributed by atoms with van der Waals surface area (Å²) in [6.07, 6.45) is 3.43. The van der Waals surface area contributed by atoms with Crippen molar-refractivity contribution in [2.24, 2.45) is 0 Å². The van der Waals surface area contributed by atoms with E-state index in [0.29, 0.717) is 6.42 Å². The molecule has 1 aliphatic heterocycles. The zero-order valence-corrected chi connectivity index (χ0v) is 12.6. The molecule has 18 heavy (non-hydrogen) atoms. The molecule has 0 aromatic carbocycles. The van der Waals surface area contributed by atoms with Crippen LogP contribution in [0.4, 0.5) is 0 Å². The Kier molecular flexibility index (Phi) is 4.56. The fourth-order valence-corrected chi connectivity index (χ4v) is 3.14. The van der Waals surface area contributed by atoms with Gasteiger partial charge in [-0.05, 0) is 48.7 Å². The Morgan fingerprint density at radius 3 is 2.89 bits per heavy atom. The largest absolute Gasteiger partial charge is 0.307 e. The SMILES string of the molecule is CCc1nn(CC)c(CC(=O)C2CCCN2)c1Br. The van der Waals surface area contributed by atoms with Crippen LogP contribution < -0.4 is 5.32 Å². The number of aryl methyl sites for hydroxylation is 2. The lowest BCUT2D eigenvalue weighted by Crippen LogP contribution is -2.32. The van der Waals surface area contributed by atoms with Crippen LogP contribution in [-0.2, 0) is 24.2 Å². The highest BCUT2D eigenvalue weighted by atomic mass is 79.9. The zero-order valence-electron chi connectivity index (χ0n) is 11.0. The Morgan fingerprint density at radius 1 is 1.56 bits per heavy atom. The van der Waals surface area contributed by atoms with E-state index < -0.39 is 0 Å². The first kappa shape index (κ1) is 13.7. The second-order valence-corrected chi connectivity index (χ2v) is 5.46. The molecule has 1 atom stereocenters. The molecule has 5 heteroatoms. The molecular weight excluding hydrogens is 294 g/mol. The molecule has 100 valence electrons. The van der Waals surface area contributed by atoms with Gasteiger partial charge < -0.3 is 5.32 Å². The van der Waals surface area contributed by atoms with Crippen molar-refractivity contribution in [3.05, 3.63) is 15.9 Å². The molecule has 1 saturated heterocycles. The van der Waals surface area contributed by atoms with Crippen molar-refractivity contribution in [1.29, 1.82) is 0 Å². The van der Waals surface area contributed by atoms with E-state index in [9.17, 15) is 4.79 Å². The van der Waals surface area contributed by atoms with E-state index in [-0.39, 0.29) is 11.8 Å². The number of carbonyl (C=O) groups is 1. The molecule has 1 N–H and O–H groups in total. The number of hydrogen-bond donors (Lipinski definition) is 1. The average Bonchev–Trinajstić information content (AvgIpc) is 2.99. The summed E-state index contributed by atoms with van der Waals surface area (Å²) in [4.78, 5) is 12.2. The summed E-state index contributed by atoms with van der Waals surface area (Å²) >= 11 is 3.58. The zero-order chi connectivity index (χ0) is 13.1. The molecule has 0 aliphatic carbocycles. The van der Waals surface area contributed by atoms with Gasteiger partial charge in [-0.1, -0.05) is 6.92 Å². The predicted octanol–water partition coefficient (Wildman–Crippen LogP) is 2.09. The minimum Gasteiger partial charge on any atom is -0.307 e. The smallest absolute Gasteiger partial charge is 0.155 e. The Morgan fingerprint density at radius 2 is 2.33 bits per heavy atom. The molecule has 1 fully saturated rings. The summed E-state index contributed by atoms with van der Waals surface area (Å²) in [5.74, 6) is 0.283. The van der Waals surface area contributed by atoms with Gasteiger partial charge >= 0.3 is 0 Å². The van der Waals surface area contributed by atoms with Gasteiger partial charge in [-0.25, -0.2) is 0 Å². The van der Waals surface area contributed by atoms with Crippen molar-refractivity contribution in [3.8, 4) is 0 Å². The van der Waals surface area contributed by atoms with Gasteiger partial charge in [-0.2, -0.15) is 5.10 Å². The van der Waals surface area contributed by atoms with E-state index in [1.807, 2.05) is 4.68 Å². The molecule has 0 spiro atoms. The number of aromatic nitrogens is 2. The van der Waals surface area contributed by atoms with E-state index in [0.717, 1.165) is 48.2 Å². The van der Waals surface area contributed by atoms with Crippen LogP contribution in [0.1, 0.15) is 38.1 Å². The first-order valence-corrected chi connectivity index (χ1v) is 7.46. The lowest BCUT2D eigenvalue weighted by atomic mass is 10.1. The highest BCUT2D eigenvalue weighted by Gasteiger charge is 2.25. The summed E-state index contributed by atoms with van der Waals surface area (Å²) < 4.78 is 2.95. The maximum Gasteiger partial charge on any atom is 0.155 e. The molecule has 0 amide bonds. The first-order valence-electron chi connectivity index (χ1n) is 6.67. The lowest BCUT2D eigenvalue weighted by molar-refractivity contribution is -0.120. The van der Waals surface area contributed by atoms with Gasteiger partial charge in [0.1, 0.15) is 0 Å². The summed E-state index contributed by atoms with van der Waals surface area (Å²) in [5, 5.41) is 7.78. The topological polar surface area (TPSA) is 46.9 Å². The van der Waals surface area contributed by atoms with Gasteiger partial charge in [-0.3, -0.25) is 9.48 Å². The number of nitrogens with one attached hydrogen (secondary N) is 1. The van der Waals surface area contributed by atoms with Gasteiger partial charge in [-0.15, -0.1) is 0 Å². The molecular formula is C13H20BrN3O. The van der Waals surface area contributed by atoms with Crippen molar-refractivity contribution >= 4 is 21.7 Å². The molecule has 2 rings (SSSR count). The summed E-state index contributed by atoms with van der Waals surface area (Å²) in [5.41, 5.74) is 2.06. The van der Waals surface area contributed by atoms with Gasteiger partial charge in [0, 0.05) is 6.54 Å². The lowest BCUT2D eigenvalue weighted by Gasteiger charge is -2.10. The molecule has 1 unspecified atom stereocenters. The van der Waals surface area contributed by atoms with Gasteiger partial charge in [0.2, 0.25) is 0 Å². The van der Waals surface area contributed by atoms with E-state index in [4.69, 9.17) is 0 Å². The number of Topliss-reactive ketones (excluding diaryl/α,β-unsaturated/α-hetero) is 1. The molecule has 0 bridgehead atoms. The standard InChI is InChI=1S/C13H20BrN3O/c1-3-9-13(14)11(17(4-2)16-9)8-12(18)10-6-5-7-15-10/h10,15H,3-8H2,1-2H3. The van der Waals surface area contributed by atoms with Gasteiger partial charge in [0.15, 0.2) is 5.78 Å². The van der Waals surface area contributed by atoms with Crippen LogP contribution in [0.15, 0.2) is 4.47 Å². The van der Waals surface area contributed by atoms with Crippen molar-refractivity contribution in [2.45, 2.75) is 52.1 Å². The second kappa shape index (κ2) is 5.97. The first-order chi connectivity index (χ1) is 8.67. The highest BCUT2D eigenvalue weighted by molar-refractivity contribution is 9.10. The molecule has 0 radical (unpaired) electrons. The average molecular weight is 314 g/mol. The molecule has 4 nitrogen and oxygen atoms in total. The maximum absolute atomic E-state index is 12.2. The number of hydrogen-bond acceptors (Lipinski definition) is 3. The summed E-state index contributed by atoms with van der Waals surface area (Å²) in [7, 11) is 0. The Bertz CT molecular complexity index is 436. The van der Waals surface area contributed by atoms with Crippen LogP contribution in [0.2, 0.25) is 0 Å². The number of nitrogens with zero attached hydrogens (tertiary/aromatic N) is 2. The van der Waals surface area contributed by atoms with Crippen LogP contribution in [-0.4, -0.2) is 28.2 Å². The van der Waals surface area contributed by atoms with E-state index in [2.05, 4.69) is 40.2 Å². The fourth-order valence-electron chi connectivity index (χ4n) is 2.43. The van der Waals surface area contributed by atoms with Crippen molar-refractivity contribution < 1.29 is 4.79 Å². The molecule has 2 heterocycles. The quantitative estimate of drug-likeness (QED) is 0.905. The maximum atomic E-state index is 12.2. The Balaban J connectivity index is 2.16. The van der Waals surface area contributed by atoms with E-state index >= 15 is 0 Å². The highest BCUT2D eigenvalue weighted by Crippen LogP contribution is 2.23. The van der Waals surface area contributed by atoms with Crippen molar-refractivity contribution in [2.75, 3.05) is 6.54 Å². The minimum atomic E-state index is 0.0437. The number of rotatable bonds is 5. The summed E-state index contributed by atoms with van der Waals surface area (Å²) in [6, 6.07) is 0.0437. The third-order valence-electron chi connectivity index (χ3n) is 3.48. The van der Waals surface area contributed by atoms with Crippen LogP contribution >= 0.6 is 15.9 Å². The normalized spacial score (nSPS) is 19.4. The molecule has 1 aliphatic rings. The minimum absolute atomic E-state index is 0.0437. The van der Waals surface area contributed by atoms with Gasteiger partial charge in [0.25, 0.3) is 0 Å².